The van der Waals surface area contributed by atoms with Gasteiger partial charge in [-0.3, -0.25) is 9.59 Å². The van der Waals surface area contributed by atoms with Gasteiger partial charge in [-0.2, -0.15) is 0 Å². The second-order valence-corrected chi connectivity index (χ2v) is 5.79. The molecule has 0 fully saturated rings. The van der Waals surface area contributed by atoms with Crippen molar-refractivity contribution in [1.29, 1.82) is 0 Å². The topological polar surface area (TPSA) is 85.3 Å². The van der Waals surface area contributed by atoms with E-state index in [0.717, 1.165) is 0 Å². The van der Waals surface area contributed by atoms with Gasteiger partial charge in [0.25, 0.3) is 5.91 Å². The maximum absolute atomic E-state index is 12.1. The summed E-state index contributed by atoms with van der Waals surface area (Å²) in [6.07, 6.45) is 0. The number of carbonyl (C=O) groups is 2. The van der Waals surface area contributed by atoms with Crippen LogP contribution in [0.25, 0.3) is 11.0 Å². The monoisotopic (exact) mass is 338 g/mol. The van der Waals surface area contributed by atoms with Crippen LogP contribution in [0.4, 0.5) is 5.69 Å². The molecule has 5 nitrogen and oxygen atoms in total. The molecule has 2 amide bonds. The number of fused-ring (bicyclic) bond motifs is 1. The highest BCUT2D eigenvalue weighted by molar-refractivity contribution is 9.10. The number of rotatable bonds is 4. The first kappa shape index (κ1) is 14.6. The van der Waals surface area contributed by atoms with Crippen molar-refractivity contribution >= 4 is 44.4 Å². The summed E-state index contributed by atoms with van der Waals surface area (Å²) in [6, 6.07) is 7.06. The Morgan fingerprint density at radius 1 is 1.30 bits per heavy atom. The molecule has 2 aromatic rings. The molecule has 0 saturated carbocycles. The quantitative estimate of drug-likeness (QED) is 0.840. The van der Waals surface area contributed by atoms with E-state index in [0.29, 0.717) is 16.7 Å². The molecule has 106 valence electrons. The number of hydrogen-bond donors (Lipinski definition) is 2. The molecule has 0 radical (unpaired) electrons. The zero-order chi connectivity index (χ0) is 14.9. The Morgan fingerprint density at radius 3 is 2.55 bits per heavy atom. The van der Waals surface area contributed by atoms with E-state index in [-0.39, 0.29) is 22.4 Å². The molecule has 0 spiro atoms. The Balaban J connectivity index is 2.44. The van der Waals surface area contributed by atoms with Gasteiger partial charge < -0.3 is 15.5 Å². The van der Waals surface area contributed by atoms with Crippen LogP contribution in [-0.4, -0.2) is 16.6 Å². The number of primary amides is 1. The first-order valence-corrected chi connectivity index (χ1v) is 7.09. The van der Waals surface area contributed by atoms with E-state index >= 15 is 0 Å². The molecule has 0 aliphatic rings. The highest BCUT2D eigenvalue weighted by Gasteiger charge is 2.24. The minimum atomic E-state index is -0.716. The molecule has 1 heterocycles. The Kier molecular flexibility index (Phi) is 4.13. The second-order valence-electron chi connectivity index (χ2n) is 4.80. The average Bonchev–Trinajstić information content (AvgIpc) is 2.77. The van der Waals surface area contributed by atoms with Crippen molar-refractivity contribution < 1.29 is 14.0 Å². The zero-order valence-corrected chi connectivity index (χ0v) is 12.7. The van der Waals surface area contributed by atoms with E-state index in [1.54, 1.807) is 24.3 Å². The van der Waals surface area contributed by atoms with Crippen molar-refractivity contribution in [3.8, 4) is 0 Å². The number of nitrogens with one attached hydrogen (secondary N) is 1. The van der Waals surface area contributed by atoms with E-state index < -0.39 is 5.91 Å². The fourth-order valence-corrected chi connectivity index (χ4v) is 1.95. The third-order valence-electron chi connectivity index (χ3n) is 2.90. The first-order valence-electron chi connectivity index (χ1n) is 6.18. The SMILES string of the molecule is CC(C)[C@H](Br)C(=O)Nc1c(C(N)=O)oc2ccccc12. The van der Waals surface area contributed by atoms with Crippen molar-refractivity contribution in [2.24, 2.45) is 11.7 Å². The first-order chi connectivity index (χ1) is 9.41. The van der Waals surface area contributed by atoms with Crippen LogP contribution in [0, 0.1) is 5.92 Å². The molecule has 6 heteroatoms. The summed E-state index contributed by atoms with van der Waals surface area (Å²) >= 11 is 3.32. The lowest BCUT2D eigenvalue weighted by atomic mass is 10.1. The van der Waals surface area contributed by atoms with E-state index in [2.05, 4.69) is 21.2 Å². The highest BCUT2D eigenvalue weighted by Crippen LogP contribution is 2.31. The lowest BCUT2D eigenvalue weighted by Gasteiger charge is -2.13. The van der Waals surface area contributed by atoms with Crippen LogP contribution >= 0.6 is 15.9 Å². The molecular weight excluding hydrogens is 324 g/mol. The third-order valence-corrected chi connectivity index (χ3v) is 4.38. The Hall–Kier alpha value is -1.82. The van der Waals surface area contributed by atoms with Crippen molar-refractivity contribution in [1.82, 2.24) is 0 Å². The van der Waals surface area contributed by atoms with Crippen LogP contribution in [0.3, 0.4) is 0 Å². The zero-order valence-electron chi connectivity index (χ0n) is 11.1. The Morgan fingerprint density at radius 2 is 1.95 bits per heavy atom. The summed E-state index contributed by atoms with van der Waals surface area (Å²) in [7, 11) is 0. The van der Waals surface area contributed by atoms with Crippen LogP contribution in [0.1, 0.15) is 24.4 Å². The van der Waals surface area contributed by atoms with Crippen LogP contribution < -0.4 is 11.1 Å². The summed E-state index contributed by atoms with van der Waals surface area (Å²) in [5.74, 6) is -0.880. The van der Waals surface area contributed by atoms with Crippen LogP contribution in [0.15, 0.2) is 28.7 Å². The maximum Gasteiger partial charge on any atom is 0.286 e. The standard InChI is InChI=1S/C14H15BrN2O3/c1-7(2)10(15)14(19)17-11-8-5-3-4-6-9(8)20-12(11)13(16)18/h3-7,10H,1-2H3,(H2,16,18)(H,17,19)/t10-/m0/s1. The number of amides is 2. The van der Waals surface area contributed by atoms with Crippen molar-refractivity contribution in [2.75, 3.05) is 5.32 Å². The second kappa shape index (κ2) is 5.66. The molecule has 2 rings (SSSR count). The molecule has 1 aromatic carbocycles. The lowest BCUT2D eigenvalue weighted by molar-refractivity contribution is -0.116. The molecule has 1 aromatic heterocycles. The van der Waals surface area contributed by atoms with Gasteiger partial charge in [0.1, 0.15) is 11.3 Å². The molecule has 0 bridgehead atoms. The predicted molar refractivity (Wildman–Crippen MR) is 80.9 cm³/mol. The smallest absolute Gasteiger partial charge is 0.286 e. The summed E-state index contributed by atoms with van der Waals surface area (Å²) in [6.45, 7) is 3.84. The number of nitrogens with two attached hydrogens (primary N) is 1. The fourth-order valence-electron chi connectivity index (χ4n) is 1.84. The summed E-state index contributed by atoms with van der Waals surface area (Å²) in [5, 5.41) is 3.37. The van der Waals surface area contributed by atoms with Gasteiger partial charge in [-0.25, -0.2) is 0 Å². The van der Waals surface area contributed by atoms with Gasteiger partial charge in [0.15, 0.2) is 0 Å². The minimum Gasteiger partial charge on any atom is -0.449 e. The number of anilines is 1. The molecule has 20 heavy (non-hydrogen) atoms. The molecule has 3 N–H and O–H groups in total. The number of para-hydroxylation sites is 1. The Labute approximate surface area is 124 Å². The lowest BCUT2D eigenvalue weighted by Crippen LogP contribution is -2.28. The van der Waals surface area contributed by atoms with Crippen LogP contribution in [0.5, 0.6) is 0 Å². The van der Waals surface area contributed by atoms with Gasteiger partial charge in [0.05, 0.1) is 4.83 Å². The van der Waals surface area contributed by atoms with E-state index in [9.17, 15) is 9.59 Å². The molecule has 1 atom stereocenters. The van der Waals surface area contributed by atoms with E-state index in [1.165, 1.54) is 0 Å². The average molecular weight is 339 g/mol. The summed E-state index contributed by atoms with van der Waals surface area (Å²) in [5.41, 5.74) is 6.12. The number of alkyl halides is 1. The molecular formula is C14H15BrN2O3. The number of furan rings is 1. The van der Waals surface area contributed by atoms with Gasteiger partial charge in [0, 0.05) is 5.39 Å². The van der Waals surface area contributed by atoms with Crippen molar-refractivity contribution in [3.63, 3.8) is 0 Å². The molecule has 0 aliphatic heterocycles. The van der Waals surface area contributed by atoms with Crippen LogP contribution in [-0.2, 0) is 4.79 Å². The largest absolute Gasteiger partial charge is 0.449 e. The van der Waals surface area contributed by atoms with Gasteiger partial charge in [-0.15, -0.1) is 0 Å². The van der Waals surface area contributed by atoms with Gasteiger partial charge in [-0.05, 0) is 18.1 Å². The Bertz CT molecular complexity index is 663. The van der Waals surface area contributed by atoms with Gasteiger partial charge in [-0.1, -0.05) is 41.9 Å². The fraction of sp³-hybridized carbons (Fsp3) is 0.286. The van der Waals surface area contributed by atoms with Crippen molar-refractivity contribution in [3.05, 3.63) is 30.0 Å². The summed E-state index contributed by atoms with van der Waals surface area (Å²) < 4.78 is 5.40. The van der Waals surface area contributed by atoms with Crippen molar-refractivity contribution in [2.45, 2.75) is 18.7 Å². The number of carbonyl (C=O) groups excluding carboxylic acids is 2. The third kappa shape index (κ3) is 2.70. The van der Waals surface area contributed by atoms with Gasteiger partial charge in [0.2, 0.25) is 11.7 Å². The molecule has 0 aliphatic carbocycles. The number of halogens is 1. The highest BCUT2D eigenvalue weighted by atomic mass is 79.9. The molecule has 0 unspecified atom stereocenters. The van der Waals surface area contributed by atoms with E-state index in [1.807, 2.05) is 13.8 Å². The molecule has 0 saturated heterocycles. The normalized spacial score (nSPS) is 12.6. The minimum absolute atomic E-state index is 0.0389. The number of hydrogen-bond acceptors (Lipinski definition) is 3. The van der Waals surface area contributed by atoms with Gasteiger partial charge >= 0.3 is 0 Å². The van der Waals surface area contributed by atoms with Crippen LogP contribution in [0.2, 0.25) is 0 Å². The van der Waals surface area contributed by atoms with E-state index in [4.69, 9.17) is 10.2 Å². The maximum atomic E-state index is 12.1. The number of benzene rings is 1. The predicted octanol–water partition coefficient (Wildman–Crippen LogP) is 2.89. The summed E-state index contributed by atoms with van der Waals surface area (Å²) in [4.78, 5) is 23.2.